The number of hydrogen-bond acceptors (Lipinski definition) is 6. The van der Waals surface area contributed by atoms with E-state index < -0.39 is 22.8 Å². The lowest BCUT2D eigenvalue weighted by Gasteiger charge is -2.29. The zero-order chi connectivity index (χ0) is 19.4. The topological polar surface area (TPSA) is 99.0 Å². The van der Waals surface area contributed by atoms with E-state index in [9.17, 15) is 19.7 Å². The number of methoxy groups -OCH3 is 2. The number of anilines is 1. The molecule has 1 atom stereocenters. The van der Waals surface area contributed by atoms with Crippen molar-refractivity contribution < 1.29 is 24.0 Å². The Balaban J connectivity index is 2.81. The van der Waals surface area contributed by atoms with Gasteiger partial charge in [-0.1, -0.05) is 24.3 Å². The Morgan fingerprint density at radius 1 is 1.27 bits per heavy atom. The Bertz CT molecular complexity index is 864. The molecule has 0 bridgehead atoms. The van der Waals surface area contributed by atoms with E-state index in [2.05, 4.69) is 0 Å². The molecule has 8 nitrogen and oxygen atoms in total. The van der Waals surface area contributed by atoms with E-state index >= 15 is 0 Å². The number of nitro benzene ring substituents is 1. The van der Waals surface area contributed by atoms with Gasteiger partial charge in [0.15, 0.2) is 0 Å². The van der Waals surface area contributed by atoms with Gasteiger partial charge in [-0.2, -0.15) is 0 Å². The highest BCUT2D eigenvalue weighted by atomic mass is 16.6. The number of carbonyl (C=O) groups is 2. The molecule has 0 aliphatic heterocycles. The van der Waals surface area contributed by atoms with Crippen LogP contribution in [-0.2, 0) is 19.1 Å². The van der Waals surface area contributed by atoms with Gasteiger partial charge in [0, 0.05) is 13.2 Å². The number of nitrogens with zero attached hydrogens (tertiary/aromatic N) is 2. The fourth-order valence-corrected chi connectivity index (χ4v) is 2.95. The minimum Gasteiger partial charge on any atom is -0.467 e. The first-order chi connectivity index (χ1) is 12.3. The number of benzene rings is 2. The van der Waals surface area contributed by atoms with Gasteiger partial charge in [-0.25, -0.2) is 4.79 Å². The van der Waals surface area contributed by atoms with Crippen LogP contribution in [0, 0.1) is 17.0 Å². The molecule has 2 rings (SSSR count). The molecule has 0 saturated carbocycles. The van der Waals surface area contributed by atoms with Crippen LogP contribution in [0.5, 0.6) is 0 Å². The highest BCUT2D eigenvalue weighted by Crippen LogP contribution is 2.38. The van der Waals surface area contributed by atoms with Crippen molar-refractivity contribution in [2.75, 3.05) is 25.7 Å². The summed E-state index contributed by atoms with van der Waals surface area (Å²) in [5.74, 6) is -1.26. The van der Waals surface area contributed by atoms with Crippen molar-refractivity contribution in [1.82, 2.24) is 0 Å². The number of carbonyl (C=O) groups excluding carboxylic acids is 2. The van der Waals surface area contributed by atoms with Crippen molar-refractivity contribution in [2.45, 2.75) is 19.9 Å². The number of ether oxygens (including phenoxy) is 2. The fourth-order valence-electron chi connectivity index (χ4n) is 2.95. The Morgan fingerprint density at radius 3 is 2.50 bits per heavy atom. The molecule has 0 heterocycles. The molecule has 138 valence electrons. The second-order valence-corrected chi connectivity index (χ2v) is 5.74. The van der Waals surface area contributed by atoms with Gasteiger partial charge < -0.3 is 9.47 Å². The third-order valence-corrected chi connectivity index (χ3v) is 4.16. The van der Waals surface area contributed by atoms with Crippen LogP contribution in [-0.4, -0.2) is 43.7 Å². The zero-order valence-electron chi connectivity index (χ0n) is 15.0. The molecule has 0 radical (unpaired) electrons. The van der Waals surface area contributed by atoms with Crippen LogP contribution < -0.4 is 4.90 Å². The number of fused-ring (bicyclic) bond motifs is 1. The van der Waals surface area contributed by atoms with Crippen LogP contribution in [0.25, 0.3) is 10.8 Å². The molecule has 1 amide bonds. The second-order valence-electron chi connectivity index (χ2n) is 5.74. The molecule has 1 unspecified atom stereocenters. The van der Waals surface area contributed by atoms with Gasteiger partial charge in [0.1, 0.15) is 18.3 Å². The molecule has 2 aromatic carbocycles. The smallest absolute Gasteiger partial charge is 0.328 e. The van der Waals surface area contributed by atoms with Crippen LogP contribution in [0.4, 0.5) is 11.4 Å². The average Bonchev–Trinajstić information content (AvgIpc) is 2.62. The molecule has 8 heteroatoms. The van der Waals surface area contributed by atoms with E-state index in [1.807, 2.05) is 0 Å². The summed E-state index contributed by atoms with van der Waals surface area (Å²) in [6.45, 7) is 2.81. The first-order valence-electron chi connectivity index (χ1n) is 7.89. The number of esters is 1. The first-order valence-corrected chi connectivity index (χ1v) is 7.89. The van der Waals surface area contributed by atoms with E-state index in [-0.39, 0.29) is 18.0 Å². The van der Waals surface area contributed by atoms with Gasteiger partial charge in [-0.15, -0.1) is 0 Å². The highest BCUT2D eigenvalue weighted by Gasteiger charge is 2.34. The fraction of sp³-hybridized carbons (Fsp3) is 0.333. The lowest BCUT2D eigenvalue weighted by atomic mass is 10.00. The normalized spacial score (nSPS) is 11.8. The molecular formula is C18H20N2O6. The molecule has 0 aromatic heterocycles. The van der Waals surface area contributed by atoms with Crippen molar-refractivity contribution >= 4 is 34.0 Å². The summed E-state index contributed by atoms with van der Waals surface area (Å²) in [5, 5.41) is 13.1. The van der Waals surface area contributed by atoms with Gasteiger partial charge in [-0.3, -0.25) is 19.8 Å². The summed E-state index contributed by atoms with van der Waals surface area (Å²) in [5.41, 5.74) is 0.324. The zero-order valence-corrected chi connectivity index (χ0v) is 15.0. The summed E-state index contributed by atoms with van der Waals surface area (Å²) < 4.78 is 9.61. The number of hydrogen-bond donors (Lipinski definition) is 0. The Morgan fingerprint density at radius 2 is 1.92 bits per heavy atom. The summed E-state index contributed by atoms with van der Waals surface area (Å²) in [6, 6.07) is 7.48. The quantitative estimate of drug-likeness (QED) is 0.446. The molecule has 2 aromatic rings. The summed E-state index contributed by atoms with van der Waals surface area (Å²) in [4.78, 5) is 36.9. The van der Waals surface area contributed by atoms with E-state index in [1.54, 1.807) is 31.2 Å². The lowest BCUT2D eigenvalue weighted by molar-refractivity contribution is -0.384. The molecule has 0 aliphatic rings. The lowest BCUT2D eigenvalue weighted by Crippen LogP contribution is -2.46. The molecule has 0 saturated heterocycles. The number of aryl methyl sites for hydroxylation is 1. The van der Waals surface area contributed by atoms with E-state index in [4.69, 9.17) is 9.47 Å². The average molecular weight is 360 g/mol. The molecule has 26 heavy (non-hydrogen) atoms. The minimum absolute atomic E-state index is 0.0636. The predicted molar refractivity (Wildman–Crippen MR) is 96.2 cm³/mol. The van der Waals surface area contributed by atoms with Crippen LogP contribution in [0.3, 0.4) is 0 Å². The molecule has 0 N–H and O–H groups in total. The standard InChI is InChI=1S/C18H20N2O6/c1-11-14-8-6-5-7-13(14)9-15(20(23)24)17(11)19(16(21)10-25-3)12(2)18(22)26-4/h5-9,12H,10H2,1-4H3. The predicted octanol–water partition coefficient (Wildman–Crippen LogP) is 2.60. The third kappa shape index (κ3) is 3.50. The van der Waals surface area contributed by atoms with Crippen LogP contribution in [0.15, 0.2) is 30.3 Å². The maximum atomic E-state index is 12.6. The first kappa shape index (κ1) is 19.3. The van der Waals surface area contributed by atoms with Crippen molar-refractivity contribution in [3.05, 3.63) is 46.0 Å². The van der Waals surface area contributed by atoms with Gasteiger partial charge in [0.05, 0.1) is 12.0 Å². The number of rotatable bonds is 6. The Kier molecular flexibility index (Phi) is 5.89. The molecule has 0 fully saturated rings. The van der Waals surface area contributed by atoms with Gasteiger partial charge in [-0.05, 0) is 30.2 Å². The molecule has 0 spiro atoms. The van der Waals surface area contributed by atoms with Crippen LogP contribution >= 0.6 is 0 Å². The summed E-state index contributed by atoms with van der Waals surface area (Å²) in [7, 11) is 2.53. The van der Waals surface area contributed by atoms with Crippen LogP contribution in [0.2, 0.25) is 0 Å². The Labute approximate surface area is 150 Å². The van der Waals surface area contributed by atoms with Crippen molar-refractivity contribution in [2.24, 2.45) is 0 Å². The largest absolute Gasteiger partial charge is 0.467 e. The molecule has 0 aliphatic carbocycles. The van der Waals surface area contributed by atoms with Gasteiger partial charge in [0.2, 0.25) is 0 Å². The minimum atomic E-state index is -1.05. The van der Waals surface area contributed by atoms with Gasteiger partial charge in [0.25, 0.3) is 11.6 Å². The van der Waals surface area contributed by atoms with E-state index in [1.165, 1.54) is 27.2 Å². The SMILES string of the molecule is COCC(=O)N(c1c([N+](=O)[O-])cc2ccccc2c1C)C(C)C(=O)OC. The van der Waals surface area contributed by atoms with E-state index in [0.717, 1.165) is 10.3 Å². The van der Waals surface area contributed by atoms with Gasteiger partial charge >= 0.3 is 5.97 Å². The highest BCUT2D eigenvalue weighted by molar-refractivity contribution is 6.06. The van der Waals surface area contributed by atoms with Crippen molar-refractivity contribution in [3.63, 3.8) is 0 Å². The summed E-state index contributed by atoms with van der Waals surface area (Å²) in [6.07, 6.45) is 0. The summed E-state index contributed by atoms with van der Waals surface area (Å²) >= 11 is 0. The molecular weight excluding hydrogens is 340 g/mol. The second kappa shape index (κ2) is 7.92. The number of nitro groups is 1. The Hall–Kier alpha value is -3.00. The third-order valence-electron chi connectivity index (χ3n) is 4.16. The van der Waals surface area contributed by atoms with E-state index in [0.29, 0.717) is 10.9 Å². The van der Waals surface area contributed by atoms with Crippen molar-refractivity contribution in [3.8, 4) is 0 Å². The number of amides is 1. The maximum absolute atomic E-state index is 12.6. The van der Waals surface area contributed by atoms with Crippen LogP contribution in [0.1, 0.15) is 12.5 Å². The maximum Gasteiger partial charge on any atom is 0.328 e. The van der Waals surface area contributed by atoms with Crippen molar-refractivity contribution in [1.29, 1.82) is 0 Å². The monoisotopic (exact) mass is 360 g/mol.